The van der Waals surface area contributed by atoms with Gasteiger partial charge < -0.3 is 19.7 Å². The fourth-order valence-electron chi connectivity index (χ4n) is 3.47. The number of carbonyl (C=O) groups is 2. The second kappa shape index (κ2) is 13.0. The Morgan fingerprint density at radius 2 is 1.78 bits per heavy atom. The Kier molecular flexibility index (Phi) is 10.6. The molecule has 0 bridgehead atoms. The highest BCUT2D eigenvalue weighted by molar-refractivity contribution is 9.10. The number of ether oxygens (including phenoxy) is 2. The Balaban J connectivity index is 2.48. The van der Waals surface area contributed by atoms with E-state index < -0.39 is 28.5 Å². The topological polar surface area (TPSA) is 105 Å². The molecule has 0 aliphatic heterocycles. The predicted molar refractivity (Wildman–Crippen MR) is 144 cm³/mol. The number of carbonyl (C=O) groups excluding carboxylic acids is 2. The molecule has 198 valence electrons. The van der Waals surface area contributed by atoms with Crippen LogP contribution in [0.5, 0.6) is 11.5 Å². The number of methoxy groups -OCH3 is 2. The molecule has 0 aliphatic rings. The van der Waals surface area contributed by atoms with Crippen LogP contribution < -0.4 is 19.1 Å². The van der Waals surface area contributed by atoms with Crippen molar-refractivity contribution in [2.45, 2.75) is 45.8 Å². The summed E-state index contributed by atoms with van der Waals surface area (Å²) >= 11 is 3.43. The molecule has 2 aromatic carbocycles. The summed E-state index contributed by atoms with van der Waals surface area (Å²) in [6.07, 6.45) is 1.74. The van der Waals surface area contributed by atoms with Gasteiger partial charge in [0.2, 0.25) is 21.8 Å². The van der Waals surface area contributed by atoms with Crippen molar-refractivity contribution in [2.75, 3.05) is 31.3 Å². The number of anilines is 1. The van der Waals surface area contributed by atoms with Gasteiger partial charge in [0.1, 0.15) is 24.1 Å². The first-order chi connectivity index (χ1) is 16.9. The van der Waals surface area contributed by atoms with E-state index in [1.807, 2.05) is 38.1 Å². The lowest BCUT2D eigenvalue weighted by molar-refractivity contribution is -0.139. The van der Waals surface area contributed by atoms with Gasteiger partial charge in [-0.05, 0) is 50.1 Å². The van der Waals surface area contributed by atoms with Gasteiger partial charge in [0.05, 0.1) is 26.2 Å². The van der Waals surface area contributed by atoms with Gasteiger partial charge in [-0.15, -0.1) is 0 Å². The van der Waals surface area contributed by atoms with E-state index in [4.69, 9.17) is 9.47 Å². The summed E-state index contributed by atoms with van der Waals surface area (Å²) in [6, 6.07) is 11.1. The third-order valence-corrected chi connectivity index (χ3v) is 7.36. The van der Waals surface area contributed by atoms with Crippen molar-refractivity contribution < 1.29 is 27.5 Å². The first-order valence-corrected chi connectivity index (χ1v) is 14.1. The maximum absolute atomic E-state index is 13.7. The maximum Gasteiger partial charge on any atom is 0.244 e. The Morgan fingerprint density at radius 3 is 2.33 bits per heavy atom. The number of rotatable bonds is 12. The zero-order valence-corrected chi connectivity index (χ0v) is 23.9. The molecule has 0 unspecified atom stereocenters. The van der Waals surface area contributed by atoms with Crippen LogP contribution in [-0.4, -0.2) is 64.2 Å². The summed E-state index contributed by atoms with van der Waals surface area (Å²) in [4.78, 5) is 28.0. The largest absolute Gasteiger partial charge is 0.497 e. The van der Waals surface area contributed by atoms with Gasteiger partial charge in [0.25, 0.3) is 0 Å². The molecule has 0 aliphatic carbocycles. The van der Waals surface area contributed by atoms with Gasteiger partial charge in [0, 0.05) is 23.1 Å². The highest BCUT2D eigenvalue weighted by atomic mass is 79.9. The highest BCUT2D eigenvalue weighted by Gasteiger charge is 2.31. The summed E-state index contributed by atoms with van der Waals surface area (Å²) in [7, 11) is -1.04. The van der Waals surface area contributed by atoms with E-state index >= 15 is 0 Å². The summed E-state index contributed by atoms with van der Waals surface area (Å²) in [5.74, 6) is -0.205. The number of hydrogen-bond donors (Lipinski definition) is 1. The fraction of sp³-hybridized carbons (Fsp3) is 0.440. The van der Waals surface area contributed by atoms with Gasteiger partial charge in [0.15, 0.2) is 0 Å². The van der Waals surface area contributed by atoms with Crippen LogP contribution in [0.3, 0.4) is 0 Å². The minimum Gasteiger partial charge on any atom is -0.497 e. The number of halogens is 1. The first kappa shape index (κ1) is 29.4. The Bertz CT molecular complexity index is 1170. The van der Waals surface area contributed by atoms with E-state index in [9.17, 15) is 18.0 Å². The second-order valence-corrected chi connectivity index (χ2v) is 11.3. The Morgan fingerprint density at radius 1 is 1.08 bits per heavy atom. The molecule has 0 heterocycles. The molecule has 1 N–H and O–H groups in total. The Labute approximate surface area is 221 Å². The normalized spacial score (nSPS) is 12.9. The van der Waals surface area contributed by atoms with Gasteiger partial charge >= 0.3 is 0 Å². The fourth-order valence-corrected chi connectivity index (χ4v) is 4.76. The van der Waals surface area contributed by atoms with Crippen LogP contribution in [0.15, 0.2) is 46.9 Å². The molecule has 36 heavy (non-hydrogen) atoms. The first-order valence-electron chi connectivity index (χ1n) is 11.4. The van der Waals surface area contributed by atoms with Crippen LogP contribution in [0.4, 0.5) is 5.69 Å². The van der Waals surface area contributed by atoms with E-state index in [-0.39, 0.29) is 29.9 Å². The second-order valence-electron chi connectivity index (χ2n) is 8.45. The SMILES string of the molecule is CC[C@H](C)NC(=O)[C@@H](C)N(Cc1cccc(Br)c1)C(=O)CN(c1cc(OC)ccc1OC)S(C)(=O)=O. The molecule has 2 rings (SSSR count). The summed E-state index contributed by atoms with van der Waals surface area (Å²) in [5, 5.41) is 2.90. The van der Waals surface area contributed by atoms with Crippen molar-refractivity contribution in [3.8, 4) is 11.5 Å². The van der Waals surface area contributed by atoms with Crippen LogP contribution in [0.2, 0.25) is 0 Å². The summed E-state index contributed by atoms with van der Waals surface area (Å²) < 4.78 is 38.0. The van der Waals surface area contributed by atoms with E-state index in [0.717, 1.165) is 27.0 Å². The van der Waals surface area contributed by atoms with E-state index in [2.05, 4.69) is 21.2 Å². The minimum absolute atomic E-state index is 0.0728. The maximum atomic E-state index is 13.7. The number of sulfonamides is 1. The number of benzene rings is 2. The van der Waals surface area contributed by atoms with Crippen molar-refractivity contribution in [1.82, 2.24) is 10.2 Å². The van der Waals surface area contributed by atoms with Gasteiger partial charge in [-0.25, -0.2) is 8.42 Å². The van der Waals surface area contributed by atoms with Gasteiger partial charge in [-0.3, -0.25) is 13.9 Å². The molecule has 0 aromatic heterocycles. The lowest BCUT2D eigenvalue weighted by Crippen LogP contribution is -2.52. The molecule has 0 saturated heterocycles. The molecule has 2 atom stereocenters. The standard InChI is InChI=1S/C25H34BrN3O6S/c1-7-17(2)27-25(31)18(3)28(15-19-9-8-10-20(26)13-19)24(30)16-29(36(6,32)33)22-14-21(34-4)11-12-23(22)35-5/h8-14,17-18H,7,15-16H2,1-6H3,(H,27,31)/t17-,18+/m0/s1. The van der Waals surface area contributed by atoms with Crippen molar-refractivity contribution in [2.24, 2.45) is 0 Å². The molecule has 0 fully saturated rings. The van der Waals surface area contributed by atoms with Gasteiger partial charge in [-0.2, -0.15) is 0 Å². The summed E-state index contributed by atoms with van der Waals surface area (Å²) in [6.45, 7) is 5.04. The molecule has 9 nitrogen and oxygen atoms in total. The Hall–Kier alpha value is -2.79. The molecule has 11 heteroatoms. The van der Waals surface area contributed by atoms with Crippen LogP contribution in [0, 0.1) is 0 Å². The third kappa shape index (κ3) is 7.86. The van der Waals surface area contributed by atoms with Crippen LogP contribution in [0.25, 0.3) is 0 Å². The quantitative estimate of drug-likeness (QED) is 0.409. The molecular weight excluding hydrogens is 550 g/mol. The molecule has 0 saturated carbocycles. The average molecular weight is 585 g/mol. The number of nitrogens with zero attached hydrogens (tertiary/aromatic N) is 2. The zero-order chi connectivity index (χ0) is 27.0. The number of amides is 2. The molecular formula is C25H34BrN3O6S. The zero-order valence-electron chi connectivity index (χ0n) is 21.4. The van der Waals surface area contributed by atoms with Crippen molar-refractivity contribution in [3.63, 3.8) is 0 Å². The molecule has 2 amide bonds. The predicted octanol–water partition coefficient (Wildman–Crippen LogP) is 3.56. The van der Waals surface area contributed by atoms with Crippen molar-refractivity contribution in [1.29, 1.82) is 0 Å². The lowest BCUT2D eigenvalue weighted by Gasteiger charge is -2.32. The van der Waals surface area contributed by atoms with Crippen molar-refractivity contribution >= 4 is 43.5 Å². The van der Waals surface area contributed by atoms with E-state index in [1.54, 1.807) is 19.1 Å². The van der Waals surface area contributed by atoms with E-state index in [0.29, 0.717) is 5.75 Å². The van der Waals surface area contributed by atoms with Crippen LogP contribution >= 0.6 is 15.9 Å². The smallest absolute Gasteiger partial charge is 0.244 e. The van der Waals surface area contributed by atoms with Crippen molar-refractivity contribution in [3.05, 3.63) is 52.5 Å². The third-order valence-electron chi connectivity index (χ3n) is 5.74. The van der Waals surface area contributed by atoms with E-state index in [1.165, 1.54) is 25.2 Å². The summed E-state index contributed by atoms with van der Waals surface area (Å²) in [5.41, 5.74) is 0.942. The average Bonchev–Trinajstić information content (AvgIpc) is 2.84. The molecule has 0 radical (unpaired) electrons. The monoisotopic (exact) mass is 583 g/mol. The molecule has 2 aromatic rings. The van der Waals surface area contributed by atoms with Gasteiger partial charge in [-0.1, -0.05) is 35.0 Å². The van der Waals surface area contributed by atoms with Crippen LogP contribution in [-0.2, 0) is 26.2 Å². The molecule has 0 spiro atoms. The minimum atomic E-state index is -3.91. The van der Waals surface area contributed by atoms with Crippen LogP contribution in [0.1, 0.15) is 32.8 Å². The highest BCUT2D eigenvalue weighted by Crippen LogP contribution is 2.34. The number of hydrogen-bond acceptors (Lipinski definition) is 6. The lowest BCUT2D eigenvalue weighted by atomic mass is 10.1. The number of nitrogens with one attached hydrogen (secondary N) is 1.